The van der Waals surface area contributed by atoms with E-state index in [0.717, 1.165) is 12.8 Å². The first kappa shape index (κ1) is 17.1. The molecule has 2 N–H and O–H groups in total. The van der Waals surface area contributed by atoms with E-state index in [2.05, 4.69) is 10.6 Å². The summed E-state index contributed by atoms with van der Waals surface area (Å²) in [6, 6.07) is 5.06. The molecule has 1 saturated heterocycles. The lowest BCUT2D eigenvalue weighted by atomic mass is 10.1. The first-order chi connectivity index (χ1) is 11.2. The topological polar surface area (TPSA) is 68.8 Å². The predicted octanol–water partition coefficient (Wildman–Crippen LogP) is 3.30. The van der Waals surface area contributed by atoms with Crippen LogP contribution in [0.3, 0.4) is 0 Å². The number of carbonyl (C=O) groups is 1. The molecule has 0 aromatic heterocycles. The number of urea groups is 1. The Morgan fingerprint density at radius 3 is 2.57 bits per heavy atom. The summed E-state index contributed by atoms with van der Waals surface area (Å²) in [5.74, 6) is 1.29. The van der Waals surface area contributed by atoms with Gasteiger partial charge in [0.15, 0.2) is 11.5 Å². The molecule has 0 aliphatic carbocycles. The molecule has 0 bridgehead atoms. The fourth-order valence-corrected chi connectivity index (χ4v) is 2.24. The summed E-state index contributed by atoms with van der Waals surface area (Å²) in [6.45, 7) is 6.34. The fraction of sp³-hybridized carbons (Fsp3) is 0.471. The first-order valence-corrected chi connectivity index (χ1v) is 7.95. The van der Waals surface area contributed by atoms with Crippen LogP contribution in [0.25, 0.3) is 0 Å². The van der Waals surface area contributed by atoms with Crippen LogP contribution < -0.4 is 20.1 Å². The van der Waals surface area contributed by atoms with Crippen molar-refractivity contribution in [1.29, 1.82) is 0 Å². The lowest BCUT2D eigenvalue weighted by Gasteiger charge is -2.15. The second-order valence-corrected chi connectivity index (χ2v) is 5.04. The fourth-order valence-electron chi connectivity index (χ4n) is 2.24. The SMILES string of the molecule is CCOc1ccc(NC(=O)NC=C2CCOCC2)cc1OCC. The van der Waals surface area contributed by atoms with Crippen molar-refractivity contribution in [2.45, 2.75) is 26.7 Å². The zero-order valence-corrected chi connectivity index (χ0v) is 13.7. The van der Waals surface area contributed by atoms with E-state index in [1.54, 1.807) is 24.4 Å². The number of benzene rings is 1. The Hall–Kier alpha value is -2.21. The molecule has 1 heterocycles. The Kier molecular flexibility index (Phi) is 6.75. The van der Waals surface area contributed by atoms with Gasteiger partial charge in [-0.05, 0) is 44.4 Å². The number of rotatable bonds is 6. The molecule has 1 aliphatic rings. The number of carbonyl (C=O) groups excluding carboxylic acids is 1. The van der Waals surface area contributed by atoms with Gasteiger partial charge >= 0.3 is 6.03 Å². The van der Waals surface area contributed by atoms with Gasteiger partial charge in [-0.15, -0.1) is 0 Å². The highest BCUT2D eigenvalue weighted by atomic mass is 16.5. The maximum absolute atomic E-state index is 12.0. The van der Waals surface area contributed by atoms with Gasteiger partial charge in [0.2, 0.25) is 0 Å². The molecule has 0 radical (unpaired) electrons. The van der Waals surface area contributed by atoms with Crippen molar-refractivity contribution in [2.24, 2.45) is 0 Å². The minimum Gasteiger partial charge on any atom is -0.490 e. The molecule has 0 saturated carbocycles. The van der Waals surface area contributed by atoms with E-state index < -0.39 is 0 Å². The van der Waals surface area contributed by atoms with Crippen LogP contribution in [0.5, 0.6) is 11.5 Å². The van der Waals surface area contributed by atoms with E-state index in [9.17, 15) is 4.79 Å². The van der Waals surface area contributed by atoms with Crippen molar-refractivity contribution in [2.75, 3.05) is 31.7 Å². The molecular formula is C17H24N2O4. The molecule has 1 aromatic rings. The van der Waals surface area contributed by atoms with Crippen LogP contribution in [0, 0.1) is 0 Å². The molecular weight excluding hydrogens is 296 g/mol. The van der Waals surface area contributed by atoms with Crippen molar-refractivity contribution < 1.29 is 19.0 Å². The number of hydrogen-bond donors (Lipinski definition) is 2. The molecule has 1 fully saturated rings. The summed E-state index contributed by atoms with van der Waals surface area (Å²) in [6.07, 6.45) is 3.48. The zero-order chi connectivity index (χ0) is 16.5. The molecule has 6 nitrogen and oxygen atoms in total. The number of hydrogen-bond acceptors (Lipinski definition) is 4. The Labute approximate surface area is 136 Å². The monoisotopic (exact) mass is 320 g/mol. The smallest absolute Gasteiger partial charge is 0.323 e. The quantitative estimate of drug-likeness (QED) is 0.844. The Morgan fingerprint density at radius 2 is 1.87 bits per heavy atom. The van der Waals surface area contributed by atoms with Gasteiger partial charge in [-0.25, -0.2) is 4.79 Å². The standard InChI is InChI=1S/C17H24N2O4/c1-3-22-15-6-5-14(11-16(15)23-4-2)19-17(20)18-12-13-7-9-21-10-8-13/h5-6,11-12H,3-4,7-10H2,1-2H3,(H2,18,19,20). The van der Waals surface area contributed by atoms with Crippen LogP contribution in [-0.2, 0) is 4.74 Å². The molecule has 0 atom stereocenters. The second-order valence-electron chi connectivity index (χ2n) is 5.04. The van der Waals surface area contributed by atoms with Crippen LogP contribution in [0.15, 0.2) is 30.0 Å². The lowest BCUT2D eigenvalue weighted by molar-refractivity contribution is 0.119. The third-order valence-corrected chi connectivity index (χ3v) is 3.34. The number of ether oxygens (including phenoxy) is 3. The lowest BCUT2D eigenvalue weighted by Crippen LogP contribution is -2.25. The van der Waals surface area contributed by atoms with Gasteiger partial charge in [0.25, 0.3) is 0 Å². The van der Waals surface area contributed by atoms with Gasteiger partial charge < -0.3 is 24.8 Å². The largest absolute Gasteiger partial charge is 0.490 e. The molecule has 0 spiro atoms. The zero-order valence-electron chi connectivity index (χ0n) is 13.7. The minimum atomic E-state index is -0.282. The molecule has 1 aromatic carbocycles. The third-order valence-electron chi connectivity index (χ3n) is 3.34. The van der Waals surface area contributed by atoms with Gasteiger partial charge in [-0.3, -0.25) is 0 Å². The van der Waals surface area contributed by atoms with Crippen molar-refractivity contribution in [3.8, 4) is 11.5 Å². The highest BCUT2D eigenvalue weighted by Gasteiger charge is 2.09. The Bertz CT molecular complexity index is 550. The van der Waals surface area contributed by atoms with Gasteiger partial charge in [-0.2, -0.15) is 0 Å². The average molecular weight is 320 g/mol. The van der Waals surface area contributed by atoms with E-state index in [0.29, 0.717) is 43.6 Å². The summed E-state index contributed by atoms with van der Waals surface area (Å²) >= 11 is 0. The minimum absolute atomic E-state index is 0.282. The molecule has 2 rings (SSSR count). The van der Waals surface area contributed by atoms with Gasteiger partial charge in [-0.1, -0.05) is 0 Å². The van der Waals surface area contributed by atoms with Gasteiger partial charge in [0.1, 0.15) is 0 Å². The van der Waals surface area contributed by atoms with Crippen molar-refractivity contribution >= 4 is 11.7 Å². The highest BCUT2D eigenvalue weighted by molar-refractivity contribution is 5.90. The second kappa shape index (κ2) is 9.05. The molecule has 6 heteroatoms. The third kappa shape index (κ3) is 5.49. The molecule has 126 valence electrons. The Balaban J connectivity index is 1.95. The summed E-state index contributed by atoms with van der Waals surface area (Å²) in [5.41, 5.74) is 1.84. The van der Waals surface area contributed by atoms with Crippen LogP contribution in [0.2, 0.25) is 0 Å². The van der Waals surface area contributed by atoms with E-state index in [-0.39, 0.29) is 6.03 Å². The maximum Gasteiger partial charge on any atom is 0.323 e. The molecule has 2 amide bonds. The Morgan fingerprint density at radius 1 is 1.17 bits per heavy atom. The van der Waals surface area contributed by atoms with E-state index in [1.165, 1.54) is 5.57 Å². The predicted molar refractivity (Wildman–Crippen MR) is 89.1 cm³/mol. The normalized spacial score (nSPS) is 14.1. The van der Waals surface area contributed by atoms with Crippen LogP contribution in [0.1, 0.15) is 26.7 Å². The van der Waals surface area contributed by atoms with Crippen LogP contribution in [0.4, 0.5) is 10.5 Å². The van der Waals surface area contributed by atoms with E-state index in [4.69, 9.17) is 14.2 Å². The summed E-state index contributed by atoms with van der Waals surface area (Å²) in [4.78, 5) is 12.0. The van der Waals surface area contributed by atoms with Crippen LogP contribution in [-0.4, -0.2) is 32.5 Å². The highest BCUT2D eigenvalue weighted by Crippen LogP contribution is 2.30. The van der Waals surface area contributed by atoms with Crippen LogP contribution >= 0.6 is 0 Å². The average Bonchev–Trinajstić information content (AvgIpc) is 2.57. The van der Waals surface area contributed by atoms with Crippen molar-refractivity contribution in [3.63, 3.8) is 0 Å². The maximum atomic E-state index is 12.0. The summed E-state index contributed by atoms with van der Waals surface area (Å²) in [7, 11) is 0. The van der Waals surface area contributed by atoms with E-state index >= 15 is 0 Å². The molecule has 0 unspecified atom stereocenters. The number of nitrogens with one attached hydrogen (secondary N) is 2. The molecule has 1 aliphatic heterocycles. The number of amides is 2. The molecule has 23 heavy (non-hydrogen) atoms. The van der Waals surface area contributed by atoms with E-state index in [1.807, 2.05) is 13.8 Å². The first-order valence-electron chi connectivity index (χ1n) is 7.95. The van der Waals surface area contributed by atoms with Gasteiger partial charge in [0.05, 0.1) is 26.4 Å². The van der Waals surface area contributed by atoms with Crippen molar-refractivity contribution in [3.05, 3.63) is 30.0 Å². The number of anilines is 1. The summed E-state index contributed by atoms with van der Waals surface area (Å²) < 4.78 is 16.3. The summed E-state index contributed by atoms with van der Waals surface area (Å²) in [5, 5.41) is 5.54. The van der Waals surface area contributed by atoms with Crippen molar-refractivity contribution in [1.82, 2.24) is 5.32 Å². The van der Waals surface area contributed by atoms with Gasteiger partial charge in [0, 0.05) is 18.0 Å².